The van der Waals surface area contributed by atoms with Gasteiger partial charge in [-0.3, -0.25) is 0 Å². The molecule has 8 aromatic carbocycles. The molecule has 0 aliphatic rings. The third kappa shape index (κ3) is 5.07. The zero-order valence-electron chi connectivity index (χ0n) is 31.1. The van der Waals surface area contributed by atoms with Crippen LogP contribution in [0, 0.1) is 0 Å². The molecule has 0 N–H and O–H groups in total. The van der Waals surface area contributed by atoms with Crippen molar-refractivity contribution in [2.75, 3.05) is 0 Å². The molecule has 0 aliphatic heterocycles. The van der Waals surface area contributed by atoms with E-state index < -0.39 is 0 Å². The summed E-state index contributed by atoms with van der Waals surface area (Å²) in [5, 5.41) is 7.54. The van der Waals surface area contributed by atoms with Crippen LogP contribution in [0.1, 0.15) is 0 Å². The fraction of sp³-hybridized carbons (Fsp3) is 0. The van der Waals surface area contributed by atoms with Gasteiger partial charge in [0.15, 0.2) is 11.4 Å². The summed E-state index contributed by atoms with van der Waals surface area (Å²) < 4.78 is 12.9. The topological polar surface area (TPSA) is 65.0 Å². The highest BCUT2D eigenvalue weighted by atomic mass is 16.3. The molecule has 5 heteroatoms. The van der Waals surface area contributed by atoms with E-state index in [2.05, 4.69) is 133 Å². The molecule has 0 atom stereocenters. The maximum Gasteiger partial charge on any atom is 0.161 e. The van der Waals surface area contributed by atoms with E-state index in [1.807, 2.05) is 54.6 Å². The van der Waals surface area contributed by atoms with Crippen LogP contribution in [0.15, 0.2) is 197 Å². The second kappa shape index (κ2) is 12.8. The Hall–Kier alpha value is -7.89. The van der Waals surface area contributed by atoms with Gasteiger partial charge in [0.1, 0.15) is 22.3 Å². The fourth-order valence-corrected chi connectivity index (χ4v) is 8.59. The number of nitrogens with zero attached hydrogens (tertiary/aromatic N) is 3. The minimum Gasteiger partial charge on any atom is -0.455 e. The van der Waals surface area contributed by atoms with E-state index in [4.69, 9.17) is 23.8 Å². The summed E-state index contributed by atoms with van der Waals surface area (Å²) in [5.74, 6) is 0.656. The molecule has 0 radical (unpaired) electrons. The summed E-state index contributed by atoms with van der Waals surface area (Å²) in [7, 11) is 0. The first-order chi connectivity index (χ1) is 28.7. The van der Waals surface area contributed by atoms with Crippen molar-refractivity contribution >= 4 is 65.6 Å². The predicted molar refractivity (Wildman–Crippen MR) is 237 cm³/mol. The molecule has 12 rings (SSSR count). The Balaban J connectivity index is 1.03. The van der Waals surface area contributed by atoms with E-state index in [1.54, 1.807) is 0 Å². The number of benzene rings is 8. The normalized spacial score (nSPS) is 11.8. The van der Waals surface area contributed by atoms with E-state index in [1.165, 1.54) is 0 Å². The molecule has 0 saturated carbocycles. The Morgan fingerprint density at radius 3 is 1.69 bits per heavy atom. The summed E-state index contributed by atoms with van der Waals surface area (Å²) in [6.45, 7) is 0. The SMILES string of the molecule is c1ccc(-c2nc(-c3cccc(-c4ccc(-c5nc6c7ccccc7oc6c6ccccc56)c5ccccc45)c3)cc(-c3cccc4c3oc3ccccc34)n2)cc1. The lowest BCUT2D eigenvalue weighted by molar-refractivity contribution is 0.669. The van der Waals surface area contributed by atoms with E-state index >= 15 is 0 Å². The molecule has 4 heterocycles. The molecule has 12 aromatic rings. The third-order valence-corrected chi connectivity index (χ3v) is 11.3. The van der Waals surface area contributed by atoms with Gasteiger partial charge >= 0.3 is 0 Å². The van der Waals surface area contributed by atoms with E-state index in [0.717, 1.165) is 116 Å². The molecular weight excluding hydrogens is 711 g/mol. The number of rotatable bonds is 5. The first-order valence-electron chi connectivity index (χ1n) is 19.4. The number of fused-ring (bicyclic) bond motifs is 9. The molecule has 5 nitrogen and oxygen atoms in total. The maximum atomic E-state index is 6.48. The highest BCUT2D eigenvalue weighted by molar-refractivity contribution is 6.18. The Kier molecular flexibility index (Phi) is 7.16. The van der Waals surface area contributed by atoms with Crippen molar-refractivity contribution in [2.24, 2.45) is 0 Å². The van der Waals surface area contributed by atoms with Gasteiger partial charge in [-0.05, 0) is 58.3 Å². The second-order valence-corrected chi connectivity index (χ2v) is 14.7. The Bertz CT molecular complexity index is 3580. The summed E-state index contributed by atoms with van der Waals surface area (Å²) in [6, 6.07) is 65.0. The monoisotopic (exact) mass is 741 g/mol. The molecule has 4 aromatic heterocycles. The van der Waals surface area contributed by atoms with Crippen molar-refractivity contribution in [2.45, 2.75) is 0 Å². The van der Waals surface area contributed by atoms with Crippen LogP contribution in [0.5, 0.6) is 0 Å². The van der Waals surface area contributed by atoms with Gasteiger partial charge in [0.2, 0.25) is 0 Å². The third-order valence-electron chi connectivity index (χ3n) is 11.3. The minimum absolute atomic E-state index is 0.656. The van der Waals surface area contributed by atoms with Crippen LogP contribution in [0.25, 0.3) is 122 Å². The van der Waals surface area contributed by atoms with Crippen molar-refractivity contribution in [1.29, 1.82) is 0 Å². The summed E-state index contributed by atoms with van der Waals surface area (Å²) >= 11 is 0. The van der Waals surface area contributed by atoms with Gasteiger partial charge in [-0.25, -0.2) is 15.0 Å². The average molecular weight is 742 g/mol. The molecule has 58 heavy (non-hydrogen) atoms. The fourth-order valence-electron chi connectivity index (χ4n) is 8.59. The van der Waals surface area contributed by atoms with Gasteiger partial charge in [0.05, 0.1) is 17.1 Å². The number of hydrogen-bond donors (Lipinski definition) is 0. The molecule has 0 fully saturated rings. The summed E-state index contributed by atoms with van der Waals surface area (Å²) in [4.78, 5) is 15.7. The quantitative estimate of drug-likeness (QED) is 0.176. The highest BCUT2D eigenvalue weighted by Gasteiger charge is 2.20. The number of para-hydroxylation sites is 3. The first-order valence-corrected chi connectivity index (χ1v) is 19.4. The maximum absolute atomic E-state index is 6.48. The van der Waals surface area contributed by atoms with Gasteiger partial charge < -0.3 is 8.83 Å². The van der Waals surface area contributed by atoms with Crippen molar-refractivity contribution in [3.8, 4) is 56.3 Å². The number of furan rings is 2. The standard InChI is InChI=1S/C53H31N3O2/c1-2-14-32(15-3-1)53-54-45(31-46(55-53)43-25-13-24-41-38-20-8-10-26-47(38)57-51(41)43)34-17-12-16-33(30-34)35-28-29-40(37-19-5-4-18-36(35)37)49-39-21-6-7-22-42(39)52-50(56-49)44-23-9-11-27-48(44)58-52/h1-31H. The Morgan fingerprint density at radius 2 is 0.862 bits per heavy atom. The predicted octanol–water partition coefficient (Wildman–Crippen LogP) is 14.3. The highest BCUT2D eigenvalue weighted by Crippen LogP contribution is 2.42. The van der Waals surface area contributed by atoms with Crippen LogP contribution in [-0.4, -0.2) is 15.0 Å². The van der Waals surface area contributed by atoms with Gasteiger partial charge in [-0.15, -0.1) is 0 Å². The van der Waals surface area contributed by atoms with Crippen LogP contribution in [0.3, 0.4) is 0 Å². The largest absolute Gasteiger partial charge is 0.455 e. The van der Waals surface area contributed by atoms with Gasteiger partial charge in [-0.2, -0.15) is 0 Å². The zero-order chi connectivity index (χ0) is 38.2. The van der Waals surface area contributed by atoms with Crippen LogP contribution >= 0.6 is 0 Å². The van der Waals surface area contributed by atoms with Crippen LogP contribution < -0.4 is 0 Å². The van der Waals surface area contributed by atoms with Gasteiger partial charge in [0.25, 0.3) is 0 Å². The summed E-state index contributed by atoms with van der Waals surface area (Å²) in [6.07, 6.45) is 0. The van der Waals surface area contributed by atoms with Crippen molar-refractivity contribution in [3.05, 3.63) is 188 Å². The molecule has 0 aliphatic carbocycles. The minimum atomic E-state index is 0.656. The first kappa shape index (κ1) is 32.4. The lowest BCUT2D eigenvalue weighted by Gasteiger charge is -2.14. The lowest BCUT2D eigenvalue weighted by atomic mass is 9.91. The Labute approximate surface area is 332 Å². The number of aromatic nitrogens is 3. The molecule has 0 unspecified atom stereocenters. The van der Waals surface area contributed by atoms with Crippen LogP contribution in [0.4, 0.5) is 0 Å². The molecule has 270 valence electrons. The number of hydrogen-bond acceptors (Lipinski definition) is 5. The van der Waals surface area contributed by atoms with Gasteiger partial charge in [0, 0.05) is 49.2 Å². The van der Waals surface area contributed by atoms with E-state index in [0.29, 0.717) is 5.82 Å². The number of pyridine rings is 1. The smallest absolute Gasteiger partial charge is 0.161 e. The van der Waals surface area contributed by atoms with E-state index in [-0.39, 0.29) is 0 Å². The molecule has 0 amide bonds. The second-order valence-electron chi connectivity index (χ2n) is 14.7. The average Bonchev–Trinajstić information content (AvgIpc) is 3.87. The molecular formula is C53H31N3O2. The van der Waals surface area contributed by atoms with Crippen LogP contribution in [0.2, 0.25) is 0 Å². The van der Waals surface area contributed by atoms with Crippen molar-refractivity contribution < 1.29 is 8.83 Å². The molecule has 0 bridgehead atoms. The molecule has 0 saturated heterocycles. The Morgan fingerprint density at radius 1 is 0.310 bits per heavy atom. The van der Waals surface area contributed by atoms with Crippen molar-refractivity contribution in [1.82, 2.24) is 15.0 Å². The van der Waals surface area contributed by atoms with Gasteiger partial charge in [-0.1, -0.05) is 152 Å². The van der Waals surface area contributed by atoms with Crippen molar-refractivity contribution in [3.63, 3.8) is 0 Å². The molecule has 0 spiro atoms. The van der Waals surface area contributed by atoms with Crippen LogP contribution in [-0.2, 0) is 0 Å². The lowest BCUT2D eigenvalue weighted by Crippen LogP contribution is -1.96. The summed E-state index contributed by atoms with van der Waals surface area (Å²) in [5.41, 5.74) is 12.9. The van der Waals surface area contributed by atoms with E-state index in [9.17, 15) is 0 Å². The zero-order valence-corrected chi connectivity index (χ0v) is 31.1.